The maximum Gasteiger partial charge on any atom is 0.343 e. The molecule has 9 rings (SSSR count). The number of cyclic esters (lactones) is 1. The summed E-state index contributed by atoms with van der Waals surface area (Å²) in [7, 11) is 0. The zero-order valence-electron chi connectivity index (χ0n) is 55.0. The number of aromatic nitrogens is 2. The van der Waals surface area contributed by atoms with Crippen LogP contribution in [-0.2, 0) is 98.5 Å². The fraction of sp³-hybridized carbons (Fsp3) is 0.507. The van der Waals surface area contributed by atoms with Gasteiger partial charge in [-0.2, -0.15) is 0 Å². The molecule has 10 amide bonds. The number of esters is 1. The Morgan fingerprint density at radius 3 is 2.14 bits per heavy atom. The van der Waals surface area contributed by atoms with Crippen molar-refractivity contribution in [3.63, 3.8) is 0 Å². The first kappa shape index (κ1) is 74.2. The Kier molecular flexibility index (Phi) is 24.2. The van der Waals surface area contributed by atoms with Gasteiger partial charge in [0.25, 0.3) is 17.4 Å². The van der Waals surface area contributed by atoms with E-state index < -0.39 is 163 Å². The van der Waals surface area contributed by atoms with E-state index in [-0.39, 0.29) is 82.8 Å². The number of pyridine rings is 2. The highest BCUT2D eigenvalue weighted by Gasteiger charge is 2.47. The molecule has 532 valence electrons. The molecule has 0 spiro atoms. The van der Waals surface area contributed by atoms with Crippen molar-refractivity contribution in [3.05, 3.63) is 109 Å². The van der Waals surface area contributed by atoms with Crippen LogP contribution in [0.4, 0.5) is 0 Å². The van der Waals surface area contributed by atoms with Gasteiger partial charge in [0.1, 0.15) is 55.9 Å². The highest BCUT2D eigenvalue weighted by Crippen LogP contribution is 2.47. The van der Waals surface area contributed by atoms with Gasteiger partial charge in [-0.1, -0.05) is 55.3 Å². The van der Waals surface area contributed by atoms with E-state index in [1.807, 2.05) is 6.92 Å². The number of unbranched alkanes of at least 4 members (excludes halogenated alkanes) is 2. The Morgan fingerprint density at radius 1 is 0.778 bits per heavy atom. The maximum atomic E-state index is 14.3. The van der Waals surface area contributed by atoms with E-state index in [0.717, 1.165) is 39.1 Å². The van der Waals surface area contributed by atoms with Gasteiger partial charge in [0, 0.05) is 66.0 Å². The molecule has 31 nitrogen and oxygen atoms in total. The van der Waals surface area contributed by atoms with Crippen LogP contribution in [0.3, 0.4) is 0 Å². The molecule has 1 aliphatic carbocycles. The Balaban J connectivity index is 0.744. The third-order valence-corrected chi connectivity index (χ3v) is 18.7. The fourth-order valence-corrected chi connectivity index (χ4v) is 12.8. The third kappa shape index (κ3) is 17.1. The third-order valence-electron chi connectivity index (χ3n) is 18.3. The molecule has 1 fully saturated rings. The number of ether oxygens (including phenoxy) is 3. The predicted octanol–water partition coefficient (Wildman–Crippen LogP) is -1.95. The first-order valence-corrected chi connectivity index (χ1v) is 33.0. The Bertz CT molecular complexity index is 3900. The standard InChI is InChI=1S/C67H82ClN11O20/c1-5-67(96)39-23-45-57-37(29-79(45)63(93)38(39)31-98-65(67)95)56-41(16-15-36-34(2)40(68)24-43(76-57)55(36)56)77-64(94)66(3,4)32-97-33-73-51(84)27-72-62(92)44(22-35-12-8-6-9-13-35)75-52(85)28-70-50(83)26-71-61(91)42(74-49(82)14-10-7-11-21-78-53(86)19-20-54(78)87)17-18-48(81)69-25-46-58(88)60(90)59(89)47(30-80)99-46/h6,8-9,12-13,19-20,23-24,41-42,44,46-47,58-60,80,88-90,96H,5,7,10-11,14-18,21-22,25-33H2,1-4H3,(H,69,81)(H,70,83)(H,71,91)(H,72,92)(H,73,84)(H,74,82)(H,75,85)(H,77,94)/t41-,42-,44-,46-,47+,58-,59+,60+,67-/m0/s1. The van der Waals surface area contributed by atoms with Gasteiger partial charge in [0.2, 0.25) is 47.3 Å². The van der Waals surface area contributed by atoms with Gasteiger partial charge in [0.15, 0.2) is 5.60 Å². The number of carbonyl (C=O) groups is 11. The zero-order chi connectivity index (χ0) is 71.6. The molecule has 6 heterocycles. The van der Waals surface area contributed by atoms with E-state index >= 15 is 0 Å². The number of benzene rings is 2. The molecule has 9 atom stereocenters. The quantitative estimate of drug-likeness (QED) is 0.00992. The molecular weight excluding hydrogens is 1310 g/mol. The van der Waals surface area contributed by atoms with Crippen molar-refractivity contribution in [2.45, 2.75) is 159 Å². The van der Waals surface area contributed by atoms with Crippen molar-refractivity contribution in [1.29, 1.82) is 0 Å². The van der Waals surface area contributed by atoms with Gasteiger partial charge in [-0.3, -0.25) is 57.6 Å². The van der Waals surface area contributed by atoms with Crippen LogP contribution in [0.1, 0.15) is 117 Å². The number of imide groups is 1. The number of hydrogen-bond acceptors (Lipinski definition) is 21. The minimum absolute atomic E-state index is 0.0362. The van der Waals surface area contributed by atoms with E-state index in [0.29, 0.717) is 58.7 Å². The topological polar surface area (TPSA) is 451 Å². The number of aliphatic hydroxyl groups excluding tert-OH is 4. The summed E-state index contributed by atoms with van der Waals surface area (Å²) in [6.45, 7) is 3.20. The van der Waals surface area contributed by atoms with Gasteiger partial charge in [-0.25, -0.2) is 9.78 Å². The van der Waals surface area contributed by atoms with Gasteiger partial charge in [-0.15, -0.1) is 0 Å². The second-order valence-corrected chi connectivity index (χ2v) is 26.1. The monoisotopic (exact) mass is 1400 g/mol. The number of amides is 10. The largest absolute Gasteiger partial charge is 0.458 e. The molecule has 32 heteroatoms. The van der Waals surface area contributed by atoms with Crippen LogP contribution in [0.15, 0.2) is 59.4 Å². The molecular formula is C67H82ClN11O20. The lowest BCUT2D eigenvalue weighted by Crippen LogP contribution is -2.60. The van der Waals surface area contributed by atoms with Crippen LogP contribution in [0, 0.1) is 12.3 Å². The number of rotatable bonds is 31. The second kappa shape index (κ2) is 32.3. The lowest BCUT2D eigenvalue weighted by atomic mass is 9.81. The molecule has 4 aliphatic heterocycles. The van der Waals surface area contributed by atoms with Gasteiger partial charge < -0.3 is 86.8 Å². The second-order valence-electron chi connectivity index (χ2n) is 25.7. The Hall–Kier alpha value is -9.08. The van der Waals surface area contributed by atoms with Gasteiger partial charge in [-0.05, 0) is 93.7 Å². The molecule has 5 aliphatic rings. The average molecular weight is 1400 g/mol. The summed E-state index contributed by atoms with van der Waals surface area (Å²) in [6, 6.07) is 8.71. The van der Waals surface area contributed by atoms with Crippen LogP contribution >= 0.6 is 11.6 Å². The zero-order valence-corrected chi connectivity index (χ0v) is 55.8. The molecule has 2 aromatic carbocycles. The number of carbonyl (C=O) groups excluding carboxylic acids is 11. The fourth-order valence-electron chi connectivity index (χ4n) is 12.6. The van der Waals surface area contributed by atoms with E-state index in [2.05, 4.69) is 42.5 Å². The highest BCUT2D eigenvalue weighted by molar-refractivity contribution is 6.32. The van der Waals surface area contributed by atoms with E-state index in [1.54, 1.807) is 63.2 Å². The number of aryl methyl sites for hydroxylation is 1. The summed E-state index contributed by atoms with van der Waals surface area (Å²) < 4.78 is 18.0. The van der Waals surface area contributed by atoms with E-state index in [9.17, 15) is 83.1 Å². The highest BCUT2D eigenvalue weighted by atomic mass is 35.5. The maximum absolute atomic E-state index is 14.3. The van der Waals surface area contributed by atoms with Gasteiger partial charge >= 0.3 is 5.97 Å². The minimum atomic E-state index is -2.04. The normalized spacial score (nSPS) is 21.1. The summed E-state index contributed by atoms with van der Waals surface area (Å²) in [6.07, 6.45) is -3.88. The lowest BCUT2D eigenvalue weighted by molar-refractivity contribution is -0.227. The number of aliphatic hydroxyl groups is 5. The first-order valence-electron chi connectivity index (χ1n) is 32.7. The van der Waals surface area contributed by atoms with Crippen molar-refractivity contribution in [3.8, 4) is 11.4 Å². The molecule has 99 heavy (non-hydrogen) atoms. The summed E-state index contributed by atoms with van der Waals surface area (Å²) >= 11 is 6.77. The van der Waals surface area contributed by atoms with Gasteiger partial charge in [0.05, 0.1) is 73.3 Å². The van der Waals surface area contributed by atoms with Crippen LogP contribution < -0.4 is 48.1 Å². The molecule has 0 saturated carbocycles. The Morgan fingerprint density at radius 2 is 1.44 bits per heavy atom. The van der Waals surface area contributed by atoms with Crippen molar-refractivity contribution >= 4 is 87.5 Å². The number of fused-ring (bicyclic) bond motifs is 5. The van der Waals surface area contributed by atoms with Crippen LogP contribution in [0.25, 0.3) is 22.3 Å². The Labute approximate surface area is 572 Å². The van der Waals surface area contributed by atoms with Crippen molar-refractivity contribution in [2.75, 3.05) is 52.7 Å². The first-order chi connectivity index (χ1) is 47.1. The lowest BCUT2D eigenvalue weighted by Gasteiger charge is -2.40. The number of halogens is 1. The molecule has 4 aromatic rings. The SMILES string of the molecule is CC[C@@]1(O)C(=O)OCc2c1cc1n(c2=O)Cc2c-1nc1cc(Cl)c(C)c3c1c2[C@@H](NC(=O)C(C)(C)COCNC(=O)CNC(=O)[C@H](Cc1ccccc1)NC(=O)CNC(=O)CNC(=O)[C@H](CCC(=O)NC[C@@H]1O[C@H](CO)[C@@H](O)[C@H](O)[C@H]1O)NC(=O)CCCCCN1C(=O)C=CC1=O)CC3. The summed E-state index contributed by atoms with van der Waals surface area (Å²) in [4.78, 5) is 164. The van der Waals surface area contributed by atoms with Crippen LogP contribution in [0.2, 0.25) is 5.02 Å². The summed E-state index contributed by atoms with van der Waals surface area (Å²) in [5.41, 5.74) is 1.94. The van der Waals surface area contributed by atoms with Crippen molar-refractivity contribution < 1.29 is 92.5 Å². The minimum Gasteiger partial charge on any atom is -0.458 e. The molecule has 0 unspecified atom stereocenters. The van der Waals surface area contributed by atoms with Crippen molar-refractivity contribution in [2.24, 2.45) is 5.41 Å². The van der Waals surface area contributed by atoms with E-state index in [1.165, 1.54) is 4.57 Å². The van der Waals surface area contributed by atoms with E-state index in [4.69, 9.17) is 30.8 Å². The predicted molar refractivity (Wildman–Crippen MR) is 350 cm³/mol. The van der Waals surface area contributed by atoms with Crippen LogP contribution in [-0.4, -0.2) is 200 Å². The summed E-state index contributed by atoms with van der Waals surface area (Å²) in [5.74, 6) is -7.49. The van der Waals surface area contributed by atoms with Crippen molar-refractivity contribution in [1.82, 2.24) is 57.0 Å². The molecule has 2 aromatic heterocycles. The molecule has 0 bridgehead atoms. The number of hydrogen-bond donors (Lipinski definition) is 13. The molecule has 0 radical (unpaired) electrons. The molecule has 1 saturated heterocycles. The smallest absolute Gasteiger partial charge is 0.343 e. The average Bonchev–Trinajstić information content (AvgIpc) is 1.59. The number of nitrogens with zero attached hydrogens (tertiary/aromatic N) is 3. The number of nitrogens with one attached hydrogen (secondary N) is 8. The summed E-state index contributed by atoms with van der Waals surface area (Å²) in [5, 5.41) is 73.5. The molecule has 13 N–H and O–H groups in total. The van der Waals surface area contributed by atoms with Crippen LogP contribution in [0.5, 0.6) is 0 Å².